The van der Waals surface area contributed by atoms with E-state index in [1.807, 2.05) is 109 Å². The third-order valence-corrected chi connectivity index (χ3v) is 9.70. The number of fused-ring (bicyclic) bond motifs is 2. The van der Waals surface area contributed by atoms with Crippen molar-refractivity contribution in [2.24, 2.45) is 0 Å². The van der Waals surface area contributed by atoms with Gasteiger partial charge in [0.2, 0.25) is 0 Å². The molecule has 0 aliphatic heterocycles. The van der Waals surface area contributed by atoms with Crippen LogP contribution in [0.4, 0.5) is 0 Å². The summed E-state index contributed by atoms with van der Waals surface area (Å²) < 4.78 is 0. The monoisotopic (exact) mass is 1040 g/mol. The van der Waals surface area contributed by atoms with Crippen LogP contribution in [0.3, 0.4) is 0 Å². The summed E-state index contributed by atoms with van der Waals surface area (Å²) >= 11 is 0. The first-order valence-electron chi connectivity index (χ1n) is 22.2. The van der Waals surface area contributed by atoms with Crippen LogP contribution in [-0.2, 0) is 29.7 Å². The Labute approximate surface area is 397 Å². The molecule has 2 heterocycles. The first-order chi connectivity index (χ1) is 30.6. The minimum Gasteiger partial charge on any atom is -0.513 e. The van der Waals surface area contributed by atoms with Crippen LogP contribution in [0.15, 0.2) is 159 Å². The molecular weight excluding hydrogens is 971 g/mol. The molecule has 1 atom stereocenters. The van der Waals surface area contributed by atoms with Gasteiger partial charge in [0.05, 0.1) is 18.3 Å². The number of aliphatic hydroxyl groups is 2. The summed E-state index contributed by atoms with van der Waals surface area (Å²) in [6.07, 6.45) is 15.4. The fourth-order valence-corrected chi connectivity index (χ4v) is 6.35. The van der Waals surface area contributed by atoms with E-state index < -0.39 is 6.10 Å². The van der Waals surface area contributed by atoms with E-state index >= 15 is 0 Å². The molecule has 343 valence electrons. The normalized spacial score (nSPS) is 10.8. The molecule has 2 aromatic heterocycles. The van der Waals surface area contributed by atoms with E-state index in [9.17, 15) is 14.7 Å². The van der Waals surface area contributed by atoms with Gasteiger partial charge in [-0.25, -0.2) is 0 Å². The molecule has 0 amide bonds. The molecule has 0 fully saturated rings. The molecule has 0 saturated heterocycles. The average Bonchev–Trinajstić information content (AvgIpc) is 3.30. The Balaban J connectivity index is 0.000000409. The number of carbonyl (C=O) groups excluding carboxylic acids is 2. The third kappa shape index (κ3) is 23.4. The van der Waals surface area contributed by atoms with Crippen molar-refractivity contribution in [3.05, 3.63) is 171 Å². The molecule has 6 rings (SSSR count). The zero-order chi connectivity index (χ0) is 46.1. The summed E-state index contributed by atoms with van der Waals surface area (Å²) in [4.78, 5) is 32.7. The summed E-state index contributed by atoms with van der Waals surface area (Å²) in [6, 6.07) is 42.9. The molecule has 4 aromatic carbocycles. The number of carbonyl (C=O) groups is 2. The van der Waals surface area contributed by atoms with Crippen LogP contribution in [0.25, 0.3) is 44.1 Å². The molecule has 0 aliphatic rings. The molecule has 1 radical (unpaired) electrons. The van der Waals surface area contributed by atoms with Gasteiger partial charge >= 0.3 is 0 Å². The van der Waals surface area contributed by atoms with E-state index in [0.29, 0.717) is 12.8 Å². The van der Waals surface area contributed by atoms with Crippen LogP contribution in [0.1, 0.15) is 92.4 Å². The van der Waals surface area contributed by atoms with Gasteiger partial charge in [-0.05, 0) is 123 Å². The van der Waals surface area contributed by atoms with Crippen molar-refractivity contribution in [2.75, 3.05) is 19.6 Å². The number of nitrogens with zero attached hydrogens (tertiary/aromatic N) is 3. The van der Waals surface area contributed by atoms with Gasteiger partial charge in [0.1, 0.15) is 11.6 Å². The standard InChI is InChI=1S/2C15H10N.C10H18O2.C10H16O2.C6H15N.Ir/c2*1-2-7-13(8-3-1)15-14-9-5-4-6-12(14)10-11-16-15;2*1-3-4-5-6-7-10(12)8-9(2)11;1-4-7(5-2)6-3;/h2*1-7,9-11H;3,8-9,11-12H,1,4-7H2,2H3;3H,1,4-8H2,2H3;4-6H2,1-3H3;/q2*-1;;;;. The first-order valence-corrected chi connectivity index (χ1v) is 22.2. The number of rotatable bonds is 18. The quantitative estimate of drug-likeness (QED) is 0.0291. The van der Waals surface area contributed by atoms with Crippen molar-refractivity contribution in [1.29, 1.82) is 0 Å². The largest absolute Gasteiger partial charge is 0.513 e. The van der Waals surface area contributed by atoms with E-state index in [-0.39, 0.29) is 43.9 Å². The van der Waals surface area contributed by atoms with E-state index in [0.717, 1.165) is 61.0 Å². The predicted molar refractivity (Wildman–Crippen MR) is 266 cm³/mol. The van der Waals surface area contributed by atoms with Crippen molar-refractivity contribution < 1.29 is 39.9 Å². The second kappa shape index (κ2) is 35.0. The van der Waals surface area contributed by atoms with E-state index in [1.54, 1.807) is 6.92 Å². The number of benzene rings is 4. The smallest absolute Gasteiger partial charge is 0.140 e. The van der Waals surface area contributed by atoms with Crippen molar-refractivity contribution in [3.8, 4) is 22.5 Å². The minimum absolute atomic E-state index is 0. The summed E-state index contributed by atoms with van der Waals surface area (Å²) in [7, 11) is 0. The molecule has 2 N–H and O–H groups in total. The van der Waals surface area contributed by atoms with Gasteiger partial charge in [0.25, 0.3) is 0 Å². The topological polar surface area (TPSA) is 104 Å². The van der Waals surface area contributed by atoms with Gasteiger partial charge in [-0.2, -0.15) is 0 Å². The number of aliphatic hydroxyl groups excluding tert-OH is 2. The maximum absolute atomic E-state index is 11.0. The van der Waals surface area contributed by atoms with Crippen LogP contribution in [0, 0.1) is 12.1 Å². The fraction of sp³-hybridized carbons (Fsp3) is 0.321. The Morgan fingerprint density at radius 1 is 0.672 bits per heavy atom. The number of unbranched alkanes of at least 4 members (excludes halogenated alkanes) is 4. The number of pyridine rings is 2. The Hall–Kier alpha value is -5.37. The minimum atomic E-state index is -0.551. The van der Waals surface area contributed by atoms with Crippen LogP contribution in [-0.4, -0.2) is 62.4 Å². The number of hydrogen-bond donors (Lipinski definition) is 2. The van der Waals surface area contributed by atoms with Crippen LogP contribution in [0.2, 0.25) is 0 Å². The molecule has 1 unspecified atom stereocenters. The van der Waals surface area contributed by atoms with Gasteiger partial charge in [-0.15, -0.1) is 84.9 Å². The molecule has 8 heteroatoms. The fourth-order valence-electron chi connectivity index (χ4n) is 6.35. The zero-order valence-electron chi connectivity index (χ0n) is 38.6. The van der Waals surface area contributed by atoms with Crippen molar-refractivity contribution in [1.82, 2.24) is 14.9 Å². The molecule has 0 spiro atoms. The Morgan fingerprint density at radius 3 is 1.48 bits per heavy atom. The molecular formula is C56H69IrN3O4-2. The van der Waals surface area contributed by atoms with Crippen molar-refractivity contribution >= 4 is 33.1 Å². The van der Waals surface area contributed by atoms with Crippen LogP contribution < -0.4 is 0 Å². The van der Waals surface area contributed by atoms with Crippen molar-refractivity contribution in [2.45, 2.75) is 98.5 Å². The zero-order valence-corrected chi connectivity index (χ0v) is 41.0. The molecule has 0 saturated carbocycles. The SMILES string of the molecule is C=CCCCCC(=O)CC(C)=O.C=CCCCCC(O)=CC(C)O.CCN(CC)CC.[Ir].[c-]1ccccc1-c1nccc2ccccc12.[c-]1ccccc1-c1nccc2ccccc12. The van der Waals surface area contributed by atoms with Crippen LogP contribution >= 0.6 is 0 Å². The average molecular weight is 1040 g/mol. The summed E-state index contributed by atoms with van der Waals surface area (Å²) in [6.45, 7) is 20.4. The predicted octanol–water partition coefficient (Wildman–Crippen LogP) is 13.6. The van der Waals surface area contributed by atoms with Gasteiger partial charge in [-0.3, -0.25) is 9.59 Å². The van der Waals surface area contributed by atoms with Gasteiger partial charge in [-0.1, -0.05) is 81.5 Å². The molecule has 6 aromatic rings. The molecule has 0 bridgehead atoms. The van der Waals surface area contributed by atoms with E-state index in [4.69, 9.17) is 5.11 Å². The number of hydrogen-bond acceptors (Lipinski definition) is 7. The maximum atomic E-state index is 11.0. The maximum Gasteiger partial charge on any atom is 0.140 e. The summed E-state index contributed by atoms with van der Waals surface area (Å²) in [5, 5.41) is 22.8. The van der Waals surface area contributed by atoms with Gasteiger partial charge < -0.3 is 25.1 Å². The van der Waals surface area contributed by atoms with E-state index in [2.05, 4.69) is 85.2 Å². The molecule has 0 aliphatic carbocycles. The number of allylic oxidation sites excluding steroid dienone is 3. The second-order valence-corrected chi connectivity index (χ2v) is 14.8. The molecule has 64 heavy (non-hydrogen) atoms. The van der Waals surface area contributed by atoms with Crippen molar-refractivity contribution in [3.63, 3.8) is 0 Å². The Kier molecular flexibility index (Phi) is 31.0. The van der Waals surface area contributed by atoms with E-state index in [1.165, 1.54) is 54.2 Å². The van der Waals surface area contributed by atoms with Crippen LogP contribution in [0.5, 0.6) is 0 Å². The summed E-state index contributed by atoms with van der Waals surface area (Å²) in [5.41, 5.74) is 4.08. The number of Topliss-reactive ketones (excluding diaryl/α,β-unsaturated/α-hetero) is 2. The summed E-state index contributed by atoms with van der Waals surface area (Å²) in [5.74, 6) is 0.310. The number of aromatic nitrogens is 2. The number of ketones is 2. The Bertz CT molecular complexity index is 2090. The molecule has 7 nitrogen and oxygen atoms in total. The van der Waals surface area contributed by atoms with Gasteiger partial charge in [0, 0.05) is 45.3 Å². The Morgan fingerprint density at radius 2 is 1.11 bits per heavy atom. The first kappa shape index (κ1) is 56.6. The van der Waals surface area contributed by atoms with Gasteiger partial charge in [0.15, 0.2) is 0 Å². The second-order valence-electron chi connectivity index (χ2n) is 14.8. The third-order valence-electron chi connectivity index (χ3n) is 9.70.